The Balaban J connectivity index is 2.57. The van der Waals surface area contributed by atoms with Crippen LogP contribution in [0.4, 0.5) is 0 Å². The highest BCUT2D eigenvalue weighted by molar-refractivity contribution is 9.10. The molecule has 0 aliphatic carbocycles. The minimum absolute atomic E-state index is 0.333. The Morgan fingerprint density at radius 2 is 2.18 bits per heavy atom. The summed E-state index contributed by atoms with van der Waals surface area (Å²) < 4.78 is 6.23. The molecule has 0 saturated carbocycles. The molecule has 0 atom stereocenters. The fourth-order valence-electron chi connectivity index (χ4n) is 1.37. The average molecular weight is 360 g/mol. The summed E-state index contributed by atoms with van der Waals surface area (Å²) in [4.78, 5) is 20.0. The number of hydrogen-bond acceptors (Lipinski definition) is 4. The van der Waals surface area contributed by atoms with E-state index >= 15 is 0 Å². The van der Waals surface area contributed by atoms with Crippen molar-refractivity contribution >= 4 is 48.9 Å². The first kappa shape index (κ1) is 12.4. The maximum Gasteiger partial charge on any atom is 0.340 e. The Labute approximate surface area is 115 Å². The minimum Gasteiger partial charge on any atom is -0.462 e. The molecular weight excluding hydrogens is 352 g/mol. The molecule has 0 spiro atoms. The number of halogens is 2. The van der Waals surface area contributed by atoms with Crippen molar-refractivity contribution in [3.8, 4) is 0 Å². The zero-order valence-corrected chi connectivity index (χ0v) is 12.1. The minimum atomic E-state index is -0.395. The molecule has 2 aromatic rings. The van der Waals surface area contributed by atoms with Crippen molar-refractivity contribution in [1.29, 1.82) is 0 Å². The van der Waals surface area contributed by atoms with Crippen molar-refractivity contribution in [1.82, 2.24) is 9.97 Å². The largest absolute Gasteiger partial charge is 0.462 e. The van der Waals surface area contributed by atoms with Crippen LogP contribution in [0, 0.1) is 0 Å². The lowest BCUT2D eigenvalue weighted by Crippen LogP contribution is -2.06. The molecule has 2 heterocycles. The summed E-state index contributed by atoms with van der Waals surface area (Å²) in [5.74, 6) is -0.395. The molecule has 2 aromatic heterocycles. The third-order valence-corrected chi connectivity index (χ3v) is 3.12. The van der Waals surface area contributed by atoms with Crippen molar-refractivity contribution in [3.63, 3.8) is 0 Å². The summed E-state index contributed by atoms with van der Waals surface area (Å²) in [5, 5.41) is 0.783. The average Bonchev–Trinajstić information content (AvgIpc) is 2.29. The molecule has 88 valence electrons. The van der Waals surface area contributed by atoms with Crippen LogP contribution >= 0.6 is 31.9 Å². The molecule has 0 aliphatic heterocycles. The number of aromatic nitrogens is 2. The number of ether oxygens (including phenoxy) is 1. The highest BCUT2D eigenvalue weighted by Gasteiger charge is 2.14. The van der Waals surface area contributed by atoms with Gasteiger partial charge in [-0.2, -0.15) is 0 Å². The fourth-order valence-corrected chi connectivity index (χ4v) is 2.16. The monoisotopic (exact) mass is 358 g/mol. The fraction of sp³-hybridized carbons (Fsp3) is 0.182. The molecule has 0 amide bonds. The van der Waals surface area contributed by atoms with Crippen molar-refractivity contribution in [3.05, 3.63) is 33.0 Å². The molecule has 0 aromatic carbocycles. The molecule has 0 fully saturated rings. The molecule has 0 bridgehead atoms. The maximum atomic E-state index is 11.7. The molecule has 0 radical (unpaired) electrons. The summed E-state index contributed by atoms with van der Waals surface area (Å²) in [6.07, 6.45) is 1.66. The van der Waals surface area contributed by atoms with Crippen LogP contribution in [0.2, 0.25) is 0 Å². The molecule has 0 aliphatic rings. The second kappa shape index (κ2) is 5.10. The molecule has 17 heavy (non-hydrogen) atoms. The Morgan fingerprint density at radius 3 is 2.88 bits per heavy atom. The van der Waals surface area contributed by atoms with E-state index in [1.54, 1.807) is 19.2 Å². The van der Waals surface area contributed by atoms with Crippen LogP contribution in [0.25, 0.3) is 11.0 Å². The summed E-state index contributed by atoms with van der Waals surface area (Å²) in [5.41, 5.74) is 0.979. The highest BCUT2D eigenvalue weighted by atomic mass is 79.9. The van der Waals surface area contributed by atoms with Crippen LogP contribution in [-0.2, 0) is 4.74 Å². The van der Waals surface area contributed by atoms with Crippen LogP contribution in [0.3, 0.4) is 0 Å². The number of carbonyl (C=O) groups is 1. The van der Waals surface area contributed by atoms with Gasteiger partial charge in [-0.05, 0) is 50.9 Å². The molecule has 6 heteroatoms. The summed E-state index contributed by atoms with van der Waals surface area (Å²) in [7, 11) is 0. The van der Waals surface area contributed by atoms with Gasteiger partial charge in [0.05, 0.1) is 12.2 Å². The Bertz CT molecular complexity index is 587. The smallest absolute Gasteiger partial charge is 0.340 e. The van der Waals surface area contributed by atoms with Gasteiger partial charge in [-0.25, -0.2) is 14.8 Å². The van der Waals surface area contributed by atoms with Crippen LogP contribution in [-0.4, -0.2) is 22.5 Å². The van der Waals surface area contributed by atoms with Gasteiger partial charge in [0.2, 0.25) is 0 Å². The van der Waals surface area contributed by atoms with Gasteiger partial charge < -0.3 is 4.74 Å². The number of carbonyl (C=O) groups excluding carboxylic acids is 1. The van der Waals surface area contributed by atoms with Crippen molar-refractivity contribution in [2.75, 3.05) is 6.61 Å². The SMILES string of the molecule is CCOC(=O)c1cc2cc(Br)cnc2nc1Br. The first-order valence-electron chi connectivity index (χ1n) is 4.90. The first-order chi connectivity index (χ1) is 8.11. The standard InChI is InChI=1S/C11H8Br2N2O2/c1-2-17-11(16)8-4-6-3-7(12)5-14-10(6)15-9(8)13/h3-5H,2H2,1H3. The van der Waals surface area contributed by atoms with Gasteiger partial charge in [-0.15, -0.1) is 0 Å². The van der Waals surface area contributed by atoms with Crippen LogP contribution in [0.15, 0.2) is 27.4 Å². The van der Waals surface area contributed by atoms with Gasteiger partial charge in [0.15, 0.2) is 5.65 Å². The summed E-state index contributed by atoms with van der Waals surface area (Å²) in [6, 6.07) is 3.56. The third-order valence-electron chi connectivity index (χ3n) is 2.08. The van der Waals surface area contributed by atoms with E-state index in [4.69, 9.17) is 4.74 Å². The van der Waals surface area contributed by atoms with E-state index in [2.05, 4.69) is 41.8 Å². The summed E-state index contributed by atoms with van der Waals surface area (Å²) >= 11 is 6.57. The second-order valence-electron chi connectivity index (χ2n) is 3.25. The van der Waals surface area contributed by atoms with Crippen LogP contribution in [0.1, 0.15) is 17.3 Å². The molecule has 0 saturated heterocycles. The van der Waals surface area contributed by atoms with Crippen LogP contribution < -0.4 is 0 Å². The molecule has 0 unspecified atom stereocenters. The van der Waals surface area contributed by atoms with E-state index < -0.39 is 5.97 Å². The first-order valence-corrected chi connectivity index (χ1v) is 6.49. The Morgan fingerprint density at radius 1 is 1.41 bits per heavy atom. The van der Waals surface area contributed by atoms with Crippen molar-refractivity contribution in [2.45, 2.75) is 6.92 Å². The van der Waals surface area contributed by atoms with Gasteiger partial charge in [0, 0.05) is 16.1 Å². The number of esters is 1. The molecular formula is C11H8Br2N2O2. The van der Waals surface area contributed by atoms with Gasteiger partial charge in [-0.3, -0.25) is 0 Å². The van der Waals surface area contributed by atoms with Crippen molar-refractivity contribution < 1.29 is 9.53 Å². The molecule has 2 rings (SSSR count). The van der Waals surface area contributed by atoms with Gasteiger partial charge >= 0.3 is 5.97 Å². The van der Waals surface area contributed by atoms with Gasteiger partial charge in [0.25, 0.3) is 0 Å². The highest BCUT2D eigenvalue weighted by Crippen LogP contribution is 2.22. The Hall–Kier alpha value is -1.01. The lowest BCUT2D eigenvalue weighted by Gasteiger charge is -2.05. The molecule has 4 nitrogen and oxygen atoms in total. The Kier molecular flexibility index (Phi) is 3.73. The molecule has 0 N–H and O–H groups in total. The number of rotatable bonds is 2. The zero-order valence-electron chi connectivity index (χ0n) is 8.91. The lowest BCUT2D eigenvalue weighted by atomic mass is 10.2. The van der Waals surface area contributed by atoms with Crippen molar-refractivity contribution in [2.24, 2.45) is 0 Å². The van der Waals surface area contributed by atoms with E-state index in [0.717, 1.165) is 9.86 Å². The van der Waals surface area contributed by atoms with E-state index in [-0.39, 0.29) is 0 Å². The van der Waals surface area contributed by atoms with Gasteiger partial charge in [-0.1, -0.05) is 0 Å². The number of fused-ring (bicyclic) bond motifs is 1. The predicted octanol–water partition coefficient (Wildman–Crippen LogP) is 3.33. The maximum absolute atomic E-state index is 11.7. The van der Waals surface area contributed by atoms with E-state index in [1.165, 1.54) is 0 Å². The number of pyridine rings is 2. The van der Waals surface area contributed by atoms with E-state index in [1.807, 2.05) is 6.07 Å². The predicted molar refractivity (Wildman–Crippen MR) is 70.9 cm³/mol. The summed E-state index contributed by atoms with van der Waals surface area (Å²) in [6.45, 7) is 2.10. The second-order valence-corrected chi connectivity index (χ2v) is 4.91. The quantitative estimate of drug-likeness (QED) is 0.609. The van der Waals surface area contributed by atoms with Gasteiger partial charge in [0.1, 0.15) is 4.60 Å². The topological polar surface area (TPSA) is 52.1 Å². The van der Waals surface area contributed by atoms with E-state index in [9.17, 15) is 4.79 Å². The zero-order chi connectivity index (χ0) is 12.4. The van der Waals surface area contributed by atoms with Crippen LogP contribution in [0.5, 0.6) is 0 Å². The number of nitrogens with zero attached hydrogens (tertiary/aromatic N) is 2. The lowest BCUT2D eigenvalue weighted by molar-refractivity contribution is 0.0525. The number of hydrogen-bond donors (Lipinski definition) is 0. The third kappa shape index (κ3) is 2.63. The van der Waals surface area contributed by atoms with E-state index in [0.29, 0.717) is 22.4 Å². The normalized spacial score (nSPS) is 10.5.